The minimum Gasteiger partial charge on any atom is -0.439 e. The molecule has 1 atom stereocenters. The number of hydrogen-bond acceptors (Lipinski definition) is 6. The smallest absolute Gasteiger partial charge is 0.286 e. The first-order valence-corrected chi connectivity index (χ1v) is 11.0. The van der Waals surface area contributed by atoms with Crippen LogP contribution in [0.2, 0.25) is 0 Å². The van der Waals surface area contributed by atoms with Crippen molar-refractivity contribution in [1.29, 1.82) is 0 Å². The zero-order valence-corrected chi connectivity index (χ0v) is 19.4. The molecule has 1 aliphatic rings. The van der Waals surface area contributed by atoms with E-state index in [0.29, 0.717) is 30.1 Å². The number of aromatic nitrogens is 5. The number of aliphatic imine (C=N–C) groups is 1. The number of rotatable bonds is 4. The first-order valence-electron chi connectivity index (χ1n) is 11.0. The number of fused-ring (bicyclic) bond motifs is 2. The van der Waals surface area contributed by atoms with Crippen molar-refractivity contribution in [3.63, 3.8) is 0 Å². The van der Waals surface area contributed by atoms with Gasteiger partial charge in [-0.3, -0.25) is 4.68 Å². The van der Waals surface area contributed by atoms with Crippen LogP contribution >= 0.6 is 0 Å². The van der Waals surface area contributed by atoms with Crippen LogP contribution < -0.4 is 10.1 Å². The van der Waals surface area contributed by atoms with Crippen LogP contribution in [-0.4, -0.2) is 36.2 Å². The van der Waals surface area contributed by atoms with E-state index in [1.165, 1.54) is 19.4 Å². The Hall–Kier alpha value is -3.66. The molecule has 176 valence electrons. The molecule has 4 aromatic rings. The fourth-order valence-electron chi connectivity index (χ4n) is 4.24. The van der Waals surface area contributed by atoms with Gasteiger partial charge in [0, 0.05) is 49.8 Å². The Labute approximate surface area is 195 Å². The molecule has 1 unspecified atom stereocenters. The standard InChI is InChI=1S/C24H25F2N7O/c1-14-9-18-19(12-27-14)28-13-29-23(18)34-17-5-6-20-16(10-17)7-8-33(20)15(2)30-22-11-21(24(3,25)26)32(4)31-22/h5-8,10-11,13-14,27H,9,12H2,1-4H3. The van der Waals surface area contributed by atoms with E-state index < -0.39 is 5.92 Å². The van der Waals surface area contributed by atoms with E-state index in [1.807, 2.05) is 42.0 Å². The molecule has 0 saturated carbocycles. The van der Waals surface area contributed by atoms with Crippen molar-refractivity contribution in [3.05, 3.63) is 59.8 Å². The van der Waals surface area contributed by atoms with Crippen molar-refractivity contribution >= 4 is 22.6 Å². The van der Waals surface area contributed by atoms with Crippen LogP contribution in [0.25, 0.3) is 10.9 Å². The highest BCUT2D eigenvalue weighted by Crippen LogP contribution is 2.31. The number of halogens is 2. The second kappa shape index (κ2) is 8.28. The van der Waals surface area contributed by atoms with Gasteiger partial charge in [0.2, 0.25) is 5.88 Å². The quantitative estimate of drug-likeness (QED) is 0.349. The number of alkyl halides is 2. The van der Waals surface area contributed by atoms with Crippen LogP contribution in [0.3, 0.4) is 0 Å². The average molecular weight is 466 g/mol. The number of nitrogens with zero attached hydrogens (tertiary/aromatic N) is 6. The van der Waals surface area contributed by atoms with E-state index >= 15 is 0 Å². The fraction of sp³-hybridized carbons (Fsp3) is 0.333. The Balaban J connectivity index is 1.42. The van der Waals surface area contributed by atoms with Crippen LogP contribution in [0.5, 0.6) is 11.6 Å². The minimum atomic E-state index is -2.99. The molecule has 34 heavy (non-hydrogen) atoms. The van der Waals surface area contributed by atoms with Gasteiger partial charge in [-0.25, -0.2) is 15.0 Å². The van der Waals surface area contributed by atoms with Crippen LogP contribution in [0.1, 0.15) is 37.7 Å². The largest absolute Gasteiger partial charge is 0.439 e. The van der Waals surface area contributed by atoms with Gasteiger partial charge in [-0.2, -0.15) is 13.9 Å². The molecule has 1 aromatic carbocycles. The minimum absolute atomic E-state index is 0.185. The first-order chi connectivity index (χ1) is 16.2. The summed E-state index contributed by atoms with van der Waals surface area (Å²) in [6.45, 7) is 5.48. The van der Waals surface area contributed by atoms with Gasteiger partial charge in [0.25, 0.3) is 5.92 Å². The Morgan fingerprint density at radius 3 is 2.82 bits per heavy atom. The number of ether oxygens (including phenoxy) is 1. The summed E-state index contributed by atoms with van der Waals surface area (Å²) in [5.41, 5.74) is 2.71. The van der Waals surface area contributed by atoms with E-state index in [4.69, 9.17) is 4.74 Å². The summed E-state index contributed by atoms with van der Waals surface area (Å²) >= 11 is 0. The van der Waals surface area contributed by atoms with Gasteiger partial charge >= 0.3 is 0 Å². The fourth-order valence-corrected chi connectivity index (χ4v) is 4.24. The molecule has 0 spiro atoms. The third-order valence-electron chi connectivity index (χ3n) is 5.94. The summed E-state index contributed by atoms with van der Waals surface area (Å²) in [4.78, 5) is 13.2. The molecule has 1 N–H and O–H groups in total. The topological polar surface area (TPSA) is 82.2 Å². The van der Waals surface area contributed by atoms with Gasteiger partial charge in [-0.05, 0) is 44.5 Å². The summed E-state index contributed by atoms with van der Waals surface area (Å²) < 4.78 is 36.6. The normalized spacial score (nSPS) is 16.6. The zero-order valence-electron chi connectivity index (χ0n) is 19.4. The molecule has 0 amide bonds. The van der Waals surface area contributed by atoms with Gasteiger partial charge in [-0.1, -0.05) is 0 Å². The molecule has 0 bridgehead atoms. The highest BCUT2D eigenvalue weighted by atomic mass is 19.3. The first kappa shape index (κ1) is 22.1. The number of hydrogen-bond donors (Lipinski definition) is 1. The lowest BCUT2D eigenvalue weighted by Gasteiger charge is -2.23. The van der Waals surface area contributed by atoms with Crippen LogP contribution in [0, 0.1) is 0 Å². The predicted molar refractivity (Wildman–Crippen MR) is 125 cm³/mol. The van der Waals surface area contributed by atoms with Crippen molar-refractivity contribution in [2.45, 2.75) is 45.7 Å². The van der Waals surface area contributed by atoms with Crippen molar-refractivity contribution in [2.75, 3.05) is 0 Å². The number of nitrogens with one attached hydrogen (secondary N) is 1. The molecule has 4 heterocycles. The summed E-state index contributed by atoms with van der Waals surface area (Å²) in [5, 5.41) is 8.45. The maximum atomic E-state index is 13.7. The van der Waals surface area contributed by atoms with Crippen LogP contribution in [0.4, 0.5) is 14.6 Å². The van der Waals surface area contributed by atoms with E-state index in [-0.39, 0.29) is 11.5 Å². The van der Waals surface area contributed by atoms with Crippen LogP contribution in [0.15, 0.2) is 47.8 Å². The highest BCUT2D eigenvalue weighted by Gasteiger charge is 2.29. The van der Waals surface area contributed by atoms with Crippen molar-refractivity contribution in [2.24, 2.45) is 12.0 Å². The van der Waals surface area contributed by atoms with E-state index in [2.05, 4.69) is 32.3 Å². The summed E-state index contributed by atoms with van der Waals surface area (Å²) in [7, 11) is 1.49. The Bertz CT molecular complexity index is 1400. The molecule has 10 heteroatoms. The zero-order chi connectivity index (χ0) is 24.0. The second-order valence-corrected chi connectivity index (χ2v) is 8.66. The lowest BCUT2D eigenvalue weighted by molar-refractivity contribution is 0.00883. The second-order valence-electron chi connectivity index (χ2n) is 8.66. The lowest BCUT2D eigenvalue weighted by atomic mass is 10.0. The third-order valence-corrected chi connectivity index (χ3v) is 5.94. The predicted octanol–water partition coefficient (Wildman–Crippen LogP) is 4.70. The lowest BCUT2D eigenvalue weighted by Crippen LogP contribution is -2.33. The van der Waals surface area contributed by atoms with Gasteiger partial charge in [0.05, 0.1) is 11.2 Å². The van der Waals surface area contributed by atoms with Crippen molar-refractivity contribution in [1.82, 2.24) is 29.6 Å². The van der Waals surface area contributed by atoms with E-state index in [9.17, 15) is 8.78 Å². The molecule has 1 aliphatic heterocycles. The monoisotopic (exact) mass is 465 g/mol. The van der Waals surface area contributed by atoms with Gasteiger partial charge in [0.1, 0.15) is 23.6 Å². The van der Waals surface area contributed by atoms with Crippen molar-refractivity contribution < 1.29 is 13.5 Å². The third kappa shape index (κ3) is 4.16. The SMILES string of the molecule is CC(=Nc1cc(C(C)(F)F)n(C)n1)n1ccc2cc(Oc3ncnc4c3CC(C)NC4)ccc21. The molecular weight excluding hydrogens is 440 g/mol. The number of benzene rings is 1. The molecule has 0 radical (unpaired) electrons. The maximum Gasteiger partial charge on any atom is 0.286 e. The molecular formula is C24H25F2N7O. The van der Waals surface area contributed by atoms with E-state index in [1.54, 1.807) is 0 Å². The molecule has 0 fully saturated rings. The van der Waals surface area contributed by atoms with Crippen LogP contribution in [-0.2, 0) is 25.9 Å². The summed E-state index contributed by atoms with van der Waals surface area (Å²) in [6.07, 6.45) is 4.21. The summed E-state index contributed by atoms with van der Waals surface area (Å²) in [5.74, 6) is -0.896. The van der Waals surface area contributed by atoms with Gasteiger partial charge < -0.3 is 14.6 Å². The molecule has 3 aromatic heterocycles. The summed E-state index contributed by atoms with van der Waals surface area (Å²) in [6, 6.07) is 9.34. The highest BCUT2D eigenvalue weighted by molar-refractivity contribution is 5.95. The Morgan fingerprint density at radius 1 is 1.24 bits per heavy atom. The maximum absolute atomic E-state index is 13.7. The van der Waals surface area contributed by atoms with E-state index in [0.717, 1.165) is 40.2 Å². The Morgan fingerprint density at radius 2 is 2.06 bits per heavy atom. The molecule has 8 nitrogen and oxygen atoms in total. The molecule has 0 saturated heterocycles. The average Bonchev–Trinajstić information content (AvgIpc) is 3.37. The van der Waals surface area contributed by atoms with Gasteiger partial charge in [0.15, 0.2) is 5.82 Å². The van der Waals surface area contributed by atoms with Crippen molar-refractivity contribution in [3.8, 4) is 11.6 Å². The number of aryl methyl sites for hydroxylation is 1. The molecule has 5 rings (SSSR count). The molecule has 0 aliphatic carbocycles. The van der Waals surface area contributed by atoms with Gasteiger partial charge in [-0.15, -0.1) is 0 Å². The Kier molecular flexibility index (Phi) is 5.40.